The maximum Gasteiger partial charge on any atom is 0.251 e. The van der Waals surface area contributed by atoms with Crippen LogP contribution < -0.4 is 10.6 Å². The highest BCUT2D eigenvalue weighted by Crippen LogP contribution is 2.11. The quantitative estimate of drug-likeness (QED) is 0.576. The zero-order chi connectivity index (χ0) is 19.9. The molecule has 1 aromatic carbocycles. The van der Waals surface area contributed by atoms with Gasteiger partial charge in [-0.05, 0) is 42.8 Å². The van der Waals surface area contributed by atoms with E-state index in [4.69, 9.17) is 4.52 Å². The van der Waals surface area contributed by atoms with Crippen LogP contribution in [-0.4, -0.2) is 27.1 Å². The lowest BCUT2D eigenvalue weighted by Crippen LogP contribution is -2.25. The Labute approximate surface area is 161 Å². The summed E-state index contributed by atoms with van der Waals surface area (Å²) in [7, 11) is 0. The standard InChI is InChI=1S/C20H20N4O4/c1-13-7-18(28-24-13)10-19(26)22-12-16-8-14(5-6-21-16)11-23-20(27)15-3-2-4-17(25)9-15/h2-9,25H,10-12H2,1H3,(H,22,26)(H,23,27). The Hall–Kier alpha value is -3.68. The molecule has 0 unspecified atom stereocenters. The second-order valence-corrected chi connectivity index (χ2v) is 6.28. The lowest BCUT2D eigenvalue weighted by molar-refractivity contribution is -0.120. The molecule has 8 heteroatoms. The van der Waals surface area contributed by atoms with Gasteiger partial charge in [0.1, 0.15) is 11.5 Å². The minimum Gasteiger partial charge on any atom is -0.508 e. The van der Waals surface area contributed by atoms with Gasteiger partial charge in [0.25, 0.3) is 5.91 Å². The van der Waals surface area contributed by atoms with Crippen molar-refractivity contribution >= 4 is 11.8 Å². The molecule has 0 bridgehead atoms. The van der Waals surface area contributed by atoms with E-state index in [2.05, 4.69) is 20.8 Å². The number of phenols is 1. The molecule has 3 N–H and O–H groups in total. The zero-order valence-corrected chi connectivity index (χ0v) is 15.3. The van der Waals surface area contributed by atoms with Crippen LogP contribution in [0, 0.1) is 6.92 Å². The number of pyridine rings is 1. The van der Waals surface area contributed by atoms with Gasteiger partial charge in [0.05, 0.1) is 24.4 Å². The van der Waals surface area contributed by atoms with E-state index in [0.717, 1.165) is 11.3 Å². The smallest absolute Gasteiger partial charge is 0.251 e. The summed E-state index contributed by atoms with van der Waals surface area (Å²) in [6, 6.07) is 11.4. The van der Waals surface area contributed by atoms with E-state index in [0.29, 0.717) is 23.6 Å². The third kappa shape index (κ3) is 5.41. The van der Waals surface area contributed by atoms with E-state index in [1.54, 1.807) is 37.4 Å². The van der Waals surface area contributed by atoms with Gasteiger partial charge >= 0.3 is 0 Å². The van der Waals surface area contributed by atoms with Gasteiger partial charge in [-0.25, -0.2) is 0 Å². The maximum absolute atomic E-state index is 12.1. The van der Waals surface area contributed by atoms with Crippen molar-refractivity contribution in [1.82, 2.24) is 20.8 Å². The molecule has 0 fully saturated rings. The molecule has 0 aliphatic rings. The number of carbonyl (C=O) groups excluding carboxylic acids is 2. The second kappa shape index (κ2) is 8.81. The predicted molar refractivity (Wildman–Crippen MR) is 100 cm³/mol. The average Bonchev–Trinajstić information content (AvgIpc) is 3.09. The van der Waals surface area contributed by atoms with Gasteiger partial charge in [-0.2, -0.15) is 0 Å². The van der Waals surface area contributed by atoms with Crippen molar-refractivity contribution in [2.75, 3.05) is 0 Å². The zero-order valence-electron chi connectivity index (χ0n) is 15.3. The largest absolute Gasteiger partial charge is 0.508 e. The molecule has 3 aromatic rings. The Morgan fingerprint density at radius 3 is 2.71 bits per heavy atom. The van der Waals surface area contributed by atoms with E-state index in [-0.39, 0.29) is 30.5 Å². The molecular weight excluding hydrogens is 360 g/mol. The number of phenolic OH excluding ortho intramolecular Hbond substituents is 1. The first-order valence-corrected chi connectivity index (χ1v) is 8.69. The minimum absolute atomic E-state index is 0.0371. The van der Waals surface area contributed by atoms with Crippen molar-refractivity contribution in [3.05, 3.63) is 76.9 Å². The minimum atomic E-state index is -0.287. The number of hydrogen-bond donors (Lipinski definition) is 3. The highest BCUT2D eigenvalue weighted by Gasteiger charge is 2.09. The lowest BCUT2D eigenvalue weighted by Gasteiger charge is -2.08. The summed E-state index contributed by atoms with van der Waals surface area (Å²) >= 11 is 0. The number of aromatic hydroxyl groups is 1. The van der Waals surface area contributed by atoms with Gasteiger partial charge in [0.2, 0.25) is 5.91 Å². The molecule has 2 heterocycles. The average molecular weight is 380 g/mol. The van der Waals surface area contributed by atoms with Crippen molar-refractivity contribution in [2.24, 2.45) is 0 Å². The molecule has 8 nitrogen and oxygen atoms in total. The van der Waals surface area contributed by atoms with Crippen LogP contribution in [0.5, 0.6) is 5.75 Å². The Bertz CT molecular complexity index is 984. The van der Waals surface area contributed by atoms with E-state index in [1.807, 2.05) is 6.07 Å². The predicted octanol–water partition coefficient (Wildman–Crippen LogP) is 1.87. The number of carbonyl (C=O) groups is 2. The fraction of sp³-hybridized carbons (Fsp3) is 0.200. The fourth-order valence-corrected chi connectivity index (χ4v) is 2.58. The molecule has 0 saturated heterocycles. The summed E-state index contributed by atoms with van der Waals surface area (Å²) < 4.78 is 5.02. The van der Waals surface area contributed by atoms with Crippen LogP contribution in [0.1, 0.15) is 33.1 Å². The number of nitrogens with one attached hydrogen (secondary N) is 2. The van der Waals surface area contributed by atoms with Crippen LogP contribution in [-0.2, 0) is 24.3 Å². The first kappa shape index (κ1) is 19.1. The van der Waals surface area contributed by atoms with Crippen LogP contribution >= 0.6 is 0 Å². The number of aryl methyl sites for hydroxylation is 1. The van der Waals surface area contributed by atoms with Crippen molar-refractivity contribution in [3.8, 4) is 5.75 Å². The van der Waals surface area contributed by atoms with Gasteiger partial charge in [0.15, 0.2) is 0 Å². The fourth-order valence-electron chi connectivity index (χ4n) is 2.58. The SMILES string of the molecule is Cc1cc(CC(=O)NCc2cc(CNC(=O)c3cccc(O)c3)ccn2)on1. The molecule has 0 atom stereocenters. The second-order valence-electron chi connectivity index (χ2n) is 6.28. The van der Waals surface area contributed by atoms with Gasteiger partial charge < -0.3 is 20.3 Å². The summed E-state index contributed by atoms with van der Waals surface area (Å²) in [5.74, 6) is 0.0620. The van der Waals surface area contributed by atoms with E-state index < -0.39 is 0 Å². The van der Waals surface area contributed by atoms with Gasteiger partial charge in [-0.15, -0.1) is 0 Å². The summed E-state index contributed by atoms with van der Waals surface area (Å²) in [6.45, 7) is 2.36. The van der Waals surface area contributed by atoms with Crippen molar-refractivity contribution in [1.29, 1.82) is 0 Å². The van der Waals surface area contributed by atoms with Gasteiger partial charge in [0, 0.05) is 24.4 Å². The number of amides is 2. The highest BCUT2D eigenvalue weighted by atomic mass is 16.5. The maximum atomic E-state index is 12.1. The van der Waals surface area contributed by atoms with Gasteiger partial charge in [-0.3, -0.25) is 14.6 Å². The lowest BCUT2D eigenvalue weighted by atomic mass is 10.2. The molecule has 0 aliphatic heterocycles. The first-order valence-electron chi connectivity index (χ1n) is 8.69. The Balaban J connectivity index is 1.50. The highest BCUT2D eigenvalue weighted by molar-refractivity contribution is 5.94. The van der Waals surface area contributed by atoms with Crippen LogP contribution in [0.3, 0.4) is 0 Å². The summed E-state index contributed by atoms with van der Waals surface area (Å²) in [4.78, 5) is 28.3. The van der Waals surface area contributed by atoms with Crippen molar-refractivity contribution in [3.63, 3.8) is 0 Å². The van der Waals surface area contributed by atoms with Crippen LogP contribution in [0.2, 0.25) is 0 Å². The number of aromatic nitrogens is 2. The molecule has 0 radical (unpaired) electrons. The van der Waals surface area contributed by atoms with E-state index >= 15 is 0 Å². The molecule has 3 rings (SSSR count). The number of nitrogens with zero attached hydrogens (tertiary/aromatic N) is 2. The third-order valence-corrected chi connectivity index (χ3v) is 3.92. The Morgan fingerprint density at radius 1 is 1.11 bits per heavy atom. The van der Waals surface area contributed by atoms with Crippen LogP contribution in [0.4, 0.5) is 0 Å². The van der Waals surface area contributed by atoms with Crippen LogP contribution in [0.15, 0.2) is 53.2 Å². The van der Waals surface area contributed by atoms with Crippen LogP contribution in [0.25, 0.3) is 0 Å². The van der Waals surface area contributed by atoms with Gasteiger partial charge in [-0.1, -0.05) is 11.2 Å². The van der Waals surface area contributed by atoms with E-state index in [9.17, 15) is 14.7 Å². The molecule has 2 amide bonds. The van der Waals surface area contributed by atoms with Crippen molar-refractivity contribution in [2.45, 2.75) is 26.4 Å². The molecule has 144 valence electrons. The normalized spacial score (nSPS) is 10.5. The summed E-state index contributed by atoms with van der Waals surface area (Å²) in [6.07, 6.45) is 1.73. The number of hydrogen-bond acceptors (Lipinski definition) is 6. The van der Waals surface area contributed by atoms with Crippen molar-refractivity contribution < 1.29 is 19.2 Å². The molecular formula is C20H20N4O4. The molecule has 0 spiro atoms. The third-order valence-electron chi connectivity index (χ3n) is 3.92. The monoisotopic (exact) mass is 380 g/mol. The molecule has 0 saturated carbocycles. The van der Waals surface area contributed by atoms with E-state index in [1.165, 1.54) is 12.1 Å². The summed E-state index contributed by atoms with van der Waals surface area (Å²) in [5, 5.41) is 18.8. The first-order chi connectivity index (χ1) is 13.5. The number of benzene rings is 1. The summed E-state index contributed by atoms with van der Waals surface area (Å²) in [5.41, 5.74) is 2.62. The Morgan fingerprint density at radius 2 is 1.96 bits per heavy atom. The topological polar surface area (TPSA) is 117 Å². The molecule has 2 aromatic heterocycles. The molecule has 28 heavy (non-hydrogen) atoms. The number of rotatable bonds is 7. The molecule has 0 aliphatic carbocycles. The Kier molecular flexibility index (Phi) is 6.01.